The molecule has 2 aliphatic heterocycles. The standard InChI is InChI=1S/C7H15N5O2/c1-14-3-5-9-7-10-6(13)2-4(8)12(7)11-5/h4-5,7,9,11H,2-3,8H2,1H3,(H,10,13). The maximum absolute atomic E-state index is 11.2. The molecular weight excluding hydrogens is 186 g/mol. The van der Waals surface area contributed by atoms with Gasteiger partial charge in [0, 0.05) is 7.11 Å². The number of carbonyl (C=O) groups is 1. The van der Waals surface area contributed by atoms with Crippen LogP contribution in [0.1, 0.15) is 6.42 Å². The normalized spacial score (nSPS) is 38.1. The highest BCUT2D eigenvalue weighted by Gasteiger charge is 2.39. The molecule has 7 heteroatoms. The lowest BCUT2D eigenvalue weighted by atomic mass is 10.3. The highest BCUT2D eigenvalue weighted by atomic mass is 16.5. The van der Waals surface area contributed by atoms with Crippen LogP contribution in [-0.4, -0.2) is 43.3 Å². The van der Waals surface area contributed by atoms with Crippen molar-refractivity contribution >= 4 is 5.91 Å². The fourth-order valence-electron chi connectivity index (χ4n) is 1.71. The van der Waals surface area contributed by atoms with E-state index in [2.05, 4.69) is 16.1 Å². The molecule has 0 bridgehead atoms. The van der Waals surface area contributed by atoms with Gasteiger partial charge in [-0.3, -0.25) is 10.1 Å². The van der Waals surface area contributed by atoms with E-state index in [4.69, 9.17) is 10.5 Å². The Balaban J connectivity index is 1.98. The number of nitrogens with two attached hydrogens (primary N) is 1. The molecule has 2 heterocycles. The van der Waals surface area contributed by atoms with Crippen molar-refractivity contribution in [2.75, 3.05) is 13.7 Å². The molecule has 0 aromatic heterocycles. The summed E-state index contributed by atoms with van der Waals surface area (Å²) in [6.07, 6.45) is -0.214. The van der Waals surface area contributed by atoms with Gasteiger partial charge in [0.05, 0.1) is 25.4 Å². The molecule has 80 valence electrons. The van der Waals surface area contributed by atoms with E-state index in [1.165, 1.54) is 0 Å². The molecule has 0 radical (unpaired) electrons. The number of hydrogen-bond donors (Lipinski definition) is 4. The molecule has 2 aliphatic rings. The largest absolute Gasteiger partial charge is 0.382 e. The van der Waals surface area contributed by atoms with E-state index in [0.29, 0.717) is 13.0 Å². The summed E-state index contributed by atoms with van der Waals surface area (Å²) in [6.45, 7) is 0.523. The van der Waals surface area contributed by atoms with Crippen LogP contribution in [-0.2, 0) is 9.53 Å². The average Bonchev–Trinajstić information content (AvgIpc) is 2.48. The van der Waals surface area contributed by atoms with Gasteiger partial charge in [-0.05, 0) is 0 Å². The summed E-state index contributed by atoms with van der Waals surface area (Å²) in [4.78, 5) is 11.2. The Hall–Kier alpha value is -0.730. The first kappa shape index (κ1) is 9.81. The van der Waals surface area contributed by atoms with Crippen LogP contribution in [0, 0.1) is 0 Å². The molecule has 3 atom stereocenters. The monoisotopic (exact) mass is 201 g/mol. The molecule has 0 spiro atoms. The number of fused-ring (bicyclic) bond motifs is 1. The van der Waals surface area contributed by atoms with Crippen molar-refractivity contribution in [3.05, 3.63) is 0 Å². The Morgan fingerprint density at radius 2 is 2.50 bits per heavy atom. The van der Waals surface area contributed by atoms with Crippen molar-refractivity contribution in [1.82, 2.24) is 21.1 Å². The van der Waals surface area contributed by atoms with Gasteiger partial charge in [-0.1, -0.05) is 0 Å². The van der Waals surface area contributed by atoms with Crippen LogP contribution in [0.3, 0.4) is 0 Å². The Morgan fingerprint density at radius 3 is 3.21 bits per heavy atom. The SMILES string of the molecule is COCC1NC2NC(=O)CC(N)N2N1. The topological polar surface area (TPSA) is 91.6 Å². The van der Waals surface area contributed by atoms with Crippen molar-refractivity contribution < 1.29 is 9.53 Å². The van der Waals surface area contributed by atoms with Crippen LogP contribution in [0.2, 0.25) is 0 Å². The summed E-state index contributed by atoms with van der Waals surface area (Å²) in [5.74, 6) is -0.0360. The summed E-state index contributed by atoms with van der Waals surface area (Å²) in [5.41, 5.74) is 8.91. The first-order valence-corrected chi connectivity index (χ1v) is 4.55. The highest BCUT2D eigenvalue weighted by Crippen LogP contribution is 2.10. The number of nitrogens with zero attached hydrogens (tertiary/aromatic N) is 1. The molecule has 14 heavy (non-hydrogen) atoms. The molecule has 5 N–H and O–H groups in total. The number of amides is 1. The summed E-state index contributed by atoms with van der Waals surface area (Å²) in [6, 6.07) is 0. The minimum Gasteiger partial charge on any atom is -0.382 e. The Bertz CT molecular complexity index is 236. The maximum Gasteiger partial charge on any atom is 0.225 e. The van der Waals surface area contributed by atoms with E-state index in [0.717, 1.165) is 0 Å². The summed E-state index contributed by atoms with van der Waals surface area (Å²) in [5, 5.41) is 7.70. The fraction of sp³-hybridized carbons (Fsp3) is 0.857. The predicted molar refractivity (Wildman–Crippen MR) is 48.3 cm³/mol. The van der Waals surface area contributed by atoms with Crippen LogP contribution in [0.4, 0.5) is 0 Å². The van der Waals surface area contributed by atoms with Crippen molar-refractivity contribution in [3.63, 3.8) is 0 Å². The number of hydrazine groups is 1. The second kappa shape index (κ2) is 3.79. The lowest BCUT2D eigenvalue weighted by molar-refractivity contribution is -0.129. The molecule has 2 rings (SSSR count). The average molecular weight is 201 g/mol. The third kappa shape index (κ3) is 1.72. The van der Waals surface area contributed by atoms with Gasteiger partial charge in [0.15, 0.2) is 6.29 Å². The van der Waals surface area contributed by atoms with Crippen LogP contribution in [0.25, 0.3) is 0 Å². The van der Waals surface area contributed by atoms with Gasteiger partial charge in [-0.15, -0.1) is 0 Å². The van der Waals surface area contributed by atoms with E-state index in [9.17, 15) is 4.79 Å². The zero-order chi connectivity index (χ0) is 10.1. The van der Waals surface area contributed by atoms with Crippen molar-refractivity contribution in [2.45, 2.75) is 25.0 Å². The smallest absolute Gasteiger partial charge is 0.225 e. The Morgan fingerprint density at radius 1 is 1.71 bits per heavy atom. The molecule has 2 fully saturated rings. The molecule has 3 unspecified atom stereocenters. The van der Waals surface area contributed by atoms with E-state index in [-0.39, 0.29) is 24.5 Å². The number of ether oxygens (including phenoxy) is 1. The molecule has 0 aromatic carbocycles. The lowest BCUT2D eigenvalue weighted by Gasteiger charge is -2.33. The second-order valence-electron chi connectivity index (χ2n) is 3.45. The molecule has 0 aliphatic carbocycles. The lowest BCUT2D eigenvalue weighted by Crippen LogP contribution is -2.63. The van der Waals surface area contributed by atoms with Gasteiger partial charge in [-0.25, -0.2) is 5.43 Å². The summed E-state index contributed by atoms with van der Waals surface area (Å²) in [7, 11) is 1.62. The highest BCUT2D eigenvalue weighted by molar-refractivity contribution is 5.77. The third-order valence-electron chi connectivity index (χ3n) is 2.33. The number of carbonyl (C=O) groups excluding carboxylic acids is 1. The zero-order valence-electron chi connectivity index (χ0n) is 7.99. The number of hydrogen-bond acceptors (Lipinski definition) is 6. The molecular formula is C7H15N5O2. The fourth-order valence-corrected chi connectivity index (χ4v) is 1.71. The van der Waals surface area contributed by atoms with Crippen molar-refractivity contribution in [2.24, 2.45) is 5.73 Å². The quantitative estimate of drug-likeness (QED) is 0.393. The predicted octanol–water partition coefficient (Wildman–Crippen LogP) is -2.54. The summed E-state index contributed by atoms with van der Waals surface area (Å²) < 4.78 is 4.99. The van der Waals surface area contributed by atoms with Crippen LogP contribution in [0.15, 0.2) is 0 Å². The Kier molecular flexibility index (Phi) is 2.66. The van der Waals surface area contributed by atoms with E-state index in [1.54, 1.807) is 12.1 Å². The summed E-state index contributed by atoms with van der Waals surface area (Å²) >= 11 is 0. The van der Waals surface area contributed by atoms with Crippen LogP contribution in [0.5, 0.6) is 0 Å². The van der Waals surface area contributed by atoms with Gasteiger partial charge in [0.25, 0.3) is 0 Å². The van der Waals surface area contributed by atoms with Gasteiger partial charge in [-0.2, -0.15) is 5.01 Å². The van der Waals surface area contributed by atoms with E-state index < -0.39 is 0 Å². The number of rotatable bonds is 2. The molecule has 0 aromatic rings. The van der Waals surface area contributed by atoms with Gasteiger partial charge in [0.1, 0.15) is 0 Å². The molecule has 2 saturated heterocycles. The third-order valence-corrected chi connectivity index (χ3v) is 2.33. The molecule has 0 saturated carbocycles. The molecule has 7 nitrogen and oxygen atoms in total. The van der Waals surface area contributed by atoms with E-state index in [1.807, 2.05) is 0 Å². The van der Waals surface area contributed by atoms with Gasteiger partial charge in [0.2, 0.25) is 5.91 Å². The number of nitrogens with one attached hydrogen (secondary N) is 3. The minimum absolute atomic E-state index is 0.00514. The van der Waals surface area contributed by atoms with Crippen molar-refractivity contribution in [1.29, 1.82) is 0 Å². The van der Waals surface area contributed by atoms with E-state index >= 15 is 0 Å². The minimum atomic E-state index is -0.289. The first-order valence-electron chi connectivity index (χ1n) is 4.55. The van der Waals surface area contributed by atoms with Crippen molar-refractivity contribution in [3.8, 4) is 0 Å². The first-order chi connectivity index (χ1) is 6.70. The Labute approximate surface area is 81.9 Å². The van der Waals surface area contributed by atoms with Gasteiger partial charge < -0.3 is 15.8 Å². The van der Waals surface area contributed by atoms with Gasteiger partial charge >= 0.3 is 0 Å². The number of methoxy groups -OCH3 is 1. The van der Waals surface area contributed by atoms with Crippen LogP contribution >= 0.6 is 0 Å². The maximum atomic E-state index is 11.2. The molecule has 1 amide bonds. The van der Waals surface area contributed by atoms with Crippen LogP contribution < -0.4 is 21.8 Å². The zero-order valence-corrected chi connectivity index (χ0v) is 7.99. The second-order valence-corrected chi connectivity index (χ2v) is 3.45.